The first-order valence-electron chi connectivity index (χ1n) is 5.49. The number of carbonyl (C=O) groups excluding carboxylic acids is 1. The number of thiophene rings is 1. The zero-order chi connectivity index (χ0) is 11.4. The summed E-state index contributed by atoms with van der Waals surface area (Å²) < 4.78 is 0. The van der Waals surface area contributed by atoms with Gasteiger partial charge in [-0.2, -0.15) is 11.8 Å². The van der Waals surface area contributed by atoms with Gasteiger partial charge in [-0.1, -0.05) is 0 Å². The second-order valence-corrected chi connectivity index (χ2v) is 6.00. The van der Waals surface area contributed by atoms with Gasteiger partial charge in [-0.25, -0.2) is 0 Å². The molecule has 1 aromatic rings. The molecule has 2 heterocycles. The Morgan fingerprint density at radius 2 is 2.44 bits per heavy atom. The summed E-state index contributed by atoms with van der Waals surface area (Å²) in [4.78, 5) is 14.0. The maximum Gasteiger partial charge on any atom is 0.261 e. The predicted octanol–water partition coefficient (Wildman–Crippen LogP) is 1.62. The van der Waals surface area contributed by atoms with E-state index in [4.69, 9.17) is 5.73 Å². The van der Waals surface area contributed by atoms with Crippen LogP contribution in [0.2, 0.25) is 0 Å². The van der Waals surface area contributed by atoms with Gasteiger partial charge in [-0.3, -0.25) is 4.79 Å². The zero-order valence-electron chi connectivity index (χ0n) is 9.12. The number of hydrogen-bond acceptors (Lipinski definition) is 4. The first kappa shape index (κ1) is 12.0. The molecule has 1 aliphatic heterocycles. The highest BCUT2D eigenvalue weighted by atomic mass is 32.2. The Morgan fingerprint density at radius 1 is 1.56 bits per heavy atom. The van der Waals surface area contributed by atoms with Crippen molar-refractivity contribution < 1.29 is 4.79 Å². The van der Waals surface area contributed by atoms with Gasteiger partial charge >= 0.3 is 0 Å². The quantitative estimate of drug-likeness (QED) is 0.805. The van der Waals surface area contributed by atoms with Crippen LogP contribution in [-0.4, -0.2) is 24.7 Å². The zero-order valence-corrected chi connectivity index (χ0v) is 10.8. The molecular weight excluding hydrogens is 240 g/mol. The van der Waals surface area contributed by atoms with Gasteiger partial charge < -0.3 is 11.1 Å². The minimum absolute atomic E-state index is 0.0536. The fourth-order valence-corrected chi connectivity index (χ4v) is 3.94. The standard InChI is InChI=1S/C11H16N2OS2/c12-3-1-4-13-11(14)10-6-8-7-15-5-2-9(8)16-10/h6H,1-5,7,12H2,(H,13,14). The van der Waals surface area contributed by atoms with E-state index in [1.54, 1.807) is 11.3 Å². The third-order valence-electron chi connectivity index (χ3n) is 2.52. The van der Waals surface area contributed by atoms with Crippen LogP contribution in [0.25, 0.3) is 0 Å². The molecule has 0 saturated carbocycles. The molecule has 1 amide bonds. The molecule has 0 unspecified atom stereocenters. The Labute approximate surface area is 104 Å². The van der Waals surface area contributed by atoms with Gasteiger partial charge in [-0.15, -0.1) is 11.3 Å². The summed E-state index contributed by atoms with van der Waals surface area (Å²) in [6.07, 6.45) is 1.95. The molecule has 16 heavy (non-hydrogen) atoms. The van der Waals surface area contributed by atoms with Crippen LogP contribution >= 0.6 is 23.1 Å². The minimum Gasteiger partial charge on any atom is -0.351 e. The number of amides is 1. The second kappa shape index (κ2) is 5.70. The molecule has 0 aromatic carbocycles. The Bertz CT molecular complexity index is 353. The van der Waals surface area contributed by atoms with E-state index in [0.717, 1.165) is 23.5 Å². The monoisotopic (exact) mass is 256 g/mol. The fourth-order valence-electron chi connectivity index (χ4n) is 1.65. The van der Waals surface area contributed by atoms with E-state index in [1.165, 1.54) is 16.2 Å². The number of nitrogens with one attached hydrogen (secondary N) is 1. The molecule has 3 nitrogen and oxygen atoms in total. The average molecular weight is 256 g/mol. The highest BCUT2D eigenvalue weighted by molar-refractivity contribution is 7.98. The number of carbonyl (C=O) groups is 1. The van der Waals surface area contributed by atoms with E-state index in [9.17, 15) is 4.79 Å². The smallest absolute Gasteiger partial charge is 0.261 e. The number of rotatable bonds is 4. The van der Waals surface area contributed by atoms with Gasteiger partial charge in [-0.05, 0) is 36.8 Å². The summed E-state index contributed by atoms with van der Waals surface area (Å²) in [6.45, 7) is 1.30. The lowest BCUT2D eigenvalue weighted by Crippen LogP contribution is -2.25. The van der Waals surface area contributed by atoms with E-state index in [1.807, 2.05) is 17.8 Å². The van der Waals surface area contributed by atoms with Crippen molar-refractivity contribution in [1.29, 1.82) is 0 Å². The molecular formula is C11H16N2OS2. The Kier molecular flexibility index (Phi) is 4.26. The van der Waals surface area contributed by atoms with E-state index in [0.29, 0.717) is 13.1 Å². The Hall–Kier alpha value is -0.520. The third kappa shape index (κ3) is 2.78. The van der Waals surface area contributed by atoms with Crippen LogP contribution < -0.4 is 11.1 Å². The second-order valence-electron chi connectivity index (χ2n) is 3.76. The molecule has 1 aromatic heterocycles. The van der Waals surface area contributed by atoms with Crippen LogP contribution in [0, 0.1) is 0 Å². The maximum absolute atomic E-state index is 11.8. The molecule has 0 spiro atoms. The molecule has 0 fully saturated rings. The largest absolute Gasteiger partial charge is 0.351 e. The van der Waals surface area contributed by atoms with Gasteiger partial charge in [0.1, 0.15) is 0 Å². The van der Waals surface area contributed by atoms with Gasteiger partial charge in [0.2, 0.25) is 0 Å². The van der Waals surface area contributed by atoms with Crippen molar-refractivity contribution in [2.24, 2.45) is 5.73 Å². The predicted molar refractivity (Wildman–Crippen MR) is 70.2 cm³/mol. The van der Waals surface area contributed by atoms with Gasteiger partial charge in [0, 0.05) is 17.2 Å². The lowest BCUT2D eigenvalue weighted by Gasteiger charge is -2.08. The summed E-state index contributed by atoms with van der Waals surface area (Å²) in [5.41, 5.74) is 6.73. The summed E-state index contributed by atoms with van der Waals surface area (Å²) in [7, 11) is 0. The van der Waals surface area contributed by atoms with Gasteiger partial charge in [0.25, 0.3) is 5.91 Å². The summed E-state index contributed by atoms with van der Waals surface area (Å²) in [5, 5.41) is 2.89. The van der Waals surface area contributed by atoms with Crippen molar-refractivity contribution in [3.8, 4) is 0 Å². The first-order chi connectivity index (χ1) is 7.81. The summed E-state index contributed by atoms with van der Waals surface area (Å²) >= 11 is 3.59. The number of thioether (sulfide) groups is 1. The molecule has 0 radical (unpaired) electrons. The van der Waals surface area contributed by atoms with Crippen molar-refractivity contribution >= 4 is 29.0 Å². The van der Waals surface area contributed by atoms with Crippen LogP contribution in [0.15, 0.2) is 6.07 Å². The molecule has 0 atom stereocenters. The highest BCUT2D eigenvalue weighted by Crippen LogP contribution is 2.31. The number of aryl methyl sites for hydroxylation is 1. The highest BCUT2D eigenvalue weighted by Gasteiger charge is 2.16. The normalized spacial score (nSPS) is 14.6. The van der Waals surface area contributed by atoms with E-state index in [-0.39, 0.29) is 5.91 Å². The minimum atomic E-state index is 0.0536. The van der Waals surface area contributed by atoms with Gasteiger partial charge in [0.05, 0.1) is 4.88 Å². The molecule has 1 aliphatic rings. The van der Waals surface area contributed by atoms with Crippen molar-refractivity contribution in [2.75, 3.05) is 18.8 Å². The molecule has 3 N–H and O–H groups in total. The van der Waals surface area contributed by atoms with Crippen molar-refractivity contribution in [3.63, 3.8) is 0 Å². The van der Waals surface area contributed by atoms with E-state index >= 15 is 0 Å². The van der Waals surface area contributed by atoms with E-state index < -0.39 is 0 Å². The Balaban J connectivity index is 1.98. The van der Waals surface area contributed by atoms with Crippen molar-refractivity contribution in [1.82, 2.24) is 5.32 Å². The number of fused-ring (bicyclic) bond motifs is 1. The lowest BCUT2D eigenvalue weighted by atomic mass is 10.2. The van der Waals surface area contributed by atoms with Crippen molar-refractivity contribution in [2.45, 2.75) is 18.6 Å². The Morgan fingerprint density at radius 3 is 3.19 bits per heavy atom. The van der Waals surface area contributed by atoms with E-state index in [2.05, 4.69) is 5.32 Å². The summed E-state index contributed by atoms with van der Waals surface area (Å²) in [5.74, 6) is 2.29. The van der Waals surface area contributed by atoms with Crippen LogP contribution in [0.5, 0.6) is 0 Å². The van der Waals surface area contributed by atoms with Crippen LogP contribution in [-0.2, 0) is 12.2 Å². The van der Waals surface area contributed by atoms with Crippen LogP contribution in [0.3, 0.4) is 0 Å². The third-order valence-corrected chi connectivity index (χ3v) is 4.76. The average Bonchev–Trinajstić information content (AvgIpc) is 2.73. The lowest BCUT2D eigenvalue weighted by molar-refractivity contribution is 0.0957. The van der Waals surface area contributed by atoms with Crippen LogP contribution in [0.4, 0.5) is 0 Å². The molecule has 5 heteroatoms. The maximum atomic E-state index is 11.8. The molecule has 0 saturated heterocycles. The molecule has 0 bridgehead atoms. The fraction of sp³-hybridized carbons (Fsp3) is 0.545. The summed E-state index contributed by atoms with van der Waals surface area (Å²) in [6, 6.07) is 2.05. The van der Waals surface area contributed by atoms with Crippen LogP contribution in [0.1, 0.15) is 26.5 Å². The van der Waals surface area contributed by atoms with Crippen molar-refractivity contribution in [3.05, 3.63) is 21.4 Å². The topological polar surface area (TPSA) is 55.1 Å². The SMILES string of the molecule is NCCCNC(=O)c1cc2c(s1)CCSC2. The molecule has 88 valence electrons. The van der Waals surface area contributed by atoms with Gasteiger partial charge in [0.15, 0.2) is 0 Å². The molecule has 2 rings (SSSR count). The number of hydrogen-bond donors (Lipinski definition) is 2. The first-order valence-corrected chi connectivity index (χ1v) is 7.46. The molecule has 0 aliphatic carbocycles. The number of nitrogens with two attached hydrogens (primary N) is 1.